The third-order valence-corrected chi connectivity index (χ3v) is 3.40. The van der Waals surface area contributed by atoms with Gasteiger partial charge in [-0.3, -0.25) is 0 Å². The molecule has 19 heavy (non-hydrogen) atoms. The van der Waals surface area contributed by atoms with Crippen molar-refractivity contribution in [1.29, 1.82) is 0 Å². The molecule has 0 spiro atoms. The van der Waals surface area contributed by atoms with Crippen molar-refractivity contribution in [1.82, 2.24) is 0 Å². The molecule has 98 valence electrons. The molecule has 0 radical (unpaired) electrons. The number of rotatable bonds is 1. The second-order valence-corrected chi connectivity index (χ2v) is 5.03. The minimum absolute atomic E-state index is 1.10. The Balaban J connectivity index is 0.000000408. The monoisotopic (exact) mass is 250 g/mol. The van der Waals surface area contributed by atoms with E-state index in [-0.39, 0.29) is 0 Å². The first-order valence-corrected chi connectivity index (χ1v) is 7.09. The SMILES string of the molecule is C=Cc1ccc2c3c(ccc(=C)c13)=CCC2.CCC. The largest absolute Gasteiger partial charge is 0.0984 e. The fourth-order valence-corrected chi connectivity index (χ4v) is 2.63. The zero-order valence-corrected chi connectivity index (χ0v) is 12.0. The minimum Gasteiger partial charge on any atom is -0.0984 e. The van der Waals surface area contributed by atoms with Gasteiger partial charge in [-0.1, -0.05) is 69.8 Å². The molecule has 0 atom stereocenters. The molecule has 0 saturated carbocycles. The normalized spacial score (nSPS) is 12.3. The molecule has 0 N–H and O–H groups in total. The molecule has 2 aromatic rings. The molecule has 1 aliphatic carbocycles. The Labute approximate surface area is 115 Å². The highest BCUT2D eigenvalue weighted by Gasteiger charge is 2.09. The van der Waals surface area contributed by atoms with Gasteiger partial charge in [0.05, 0.1) is 0 Å². The first-order chi connectivity index (χ1) is 9.22. The van der Waals surface area contributed by atoms with E-state index in [1.807, 2.05) is 6.08 Å². The van der Waals surface area contributed by atoms with Gasteiger partial charge in [-0.15, -0.1) is 0 Å². The van der Waals surface area contributed by atoms with Crippen LogP contribution in [0.2, 0.25) is 0 Å². The number of hydrogen-bond acceptors (Lipinski definition) is 0. The summed E-state index contributed by atoms with van der Waals surface area (Å²) in [6.07, 6.45) is 7.78. The Kier molecular flexibility index (Phi) is 4.21. The van der Waals surface area contributed by atoms with Gasteiger partial charge in [-0.05, 0) is 45.2 Å². The molecule has 0 aromatic heterocycles. The highest BCUT2D eigenvalue weighted by molar-refractivity contribution is 5.94. The smallest absolute Gasteiger partial charge is 0.00363 e. The van der Waals surface area contributed by atoms with E-state index in [9.17, 15) is 0 Å². The summed E-state index contributed by atoms with van der Waals surface area (Å²) in [6.45, 7) is 12.3. The van der Waals surface area contributed by atoms with Gasteiger partial charge in [-0.2, -0.15) is 0 Å². The third kappa shape index (κ3) is 2.49. The molecule has 0 saturated heterocycles. The summed E-state index contributed by atoms with van der Waals surface area (Å²) < 4.78 is 0. The summed E-state index contributed by atoms with van der Waals surface area (Å²) in [5, 5.41) is 5.12. The van der Waals surface area contributed by atoms with Gasteiger partial charge >= 0.3 is 0 Å². The Morgan fingerprint density at radius 2 is 1.84 bits per heavy atom. The van der Waals surface area contributed by atoms with E-state index in [2.05, 4.69) is 57.3 Å². The van der Waals surface area contributed by atoms with Crippen LogP contribution in [-0.4, -0.2) is 0 Å². The maximum Gasteiger partial charge on any atom is -0.00363 e. The van der Waals surface area contributed by atoms with E-state index in [0.29, 0.717) is 0 Å². The van der Waals surface area contributed by atoms with E-state index in [1.54, 1.807) is 0 Å². The van der Waals surface area contributed by atoms with E-state index in [0.717, 1.165) is 18.1 Å². The van der Waals surface area contributed by atoms with Crippen LogP contribution in [0.5, 0.6) is 0 Å². The highest BCUT2D eigenvalue weighted by Crippen LogP contribution is 2.21. The molecule has 0 amide bonds. The van der Waals surface area contributed by atoms with Crippen LogP contribution in [0.1, 0.15) is 37.8 Å². The first-order valence-electron chi connectivity index (χ1n) is 7.09. The summed E-state index contributed by atoms with van der Waals surface area (Å²) in [6, 6.07) is 8.68. The van der Waals surface area contributed by atoms with Crippen LogP contribution in [0.15, 0.2) is 30.8 Å². The summed E-state index contributed by atoms with van der Waals surface area (Å²) in [5.74, 6) is 0. The van der Waals surface area contributed by atoms with Crippen LogP contribution in [0.25, 0.3) is 29.5 Å². The Morgan fingerprint density at radius 1 is 1.11 bits per heavy atom. The fourth-order valence-electron chi connectivity index (χ4n) is 2.63. The standard InChI is InChI=1S/C16H14.C3H8/c1-3-12-9-10-14-6-4-5-13-8-7-11(2)15(12)16(13)14;1-3-2/h3,5,7-10H,1-2,4,6H2;3H2,1-2H3. The quantitative estimate of drug-likeness (QED) is 0.716. The molecule has 0 fully saturated rings. The minimum atomic E-state index is 1.10. The average molecular weight is 250 g/mol. The number of benzene rings is 2. The molecular formula is C19H22. The second-order valence-electron chi connectivity index (χ2n) is 5.03. The number of aryl methyl sites for hydroxylation is 1. The van der Waals surface area contributed by atoms with Crippen molar-refractivity contribution in [2.75, 3.05) is 0 Å². The maximum absolute atomic E-state index is 4.14. The van der Waals surface area contributed by atoms with E-state index in [4.69, 9.17) is 0 Å². The predicted octanol–water partition coefficient (Wildman–Crippen LogP) is 4.04. The van der Waals surface area contributed by atoms with E-state index in [1.165, 1.54) is 33.5 Å². The molecule has 2 aromatic carbocycles. The van der Waals surface area contributed by atoms with Crippen molar-refractivity contribution in [3.05, 3.63) is 52.4 Å². The summed E-state index contributed by atoms with van der Waals surface area (Å²) >= 11 is 0. The third-order valence-electron chi connectivity index (χ3n) is 3.40. The molecule has 0 unspecified atom stereocenters. The highest BCUT2D eigenvalue weighted by atomic mass is 14.1. The summed E-state index contributed by atoms with van der Waals surface area (Å²) in [5.41, 5.74) is 2.64. The van der Waals surface area contributed by atoms with Crippen molar-refractivity contribution >= 4 is 29.5 Å². The Bertz CT molecular complexity index is 705. The van der Waals surface area contributed by atoms with Gasteiger partial charge in [0.25, 0.3) is 0 Å². The van der Waals surface area contributed by atoms with Gasteiger partial charge < -0.3 is 0 Å². The van der Waals surface area contributed by atoms with Gasteiger partial charge in [0, 0.05) is 0 Å². The molecule has 0 heteroatoms. The van der Waals surface area contributed by atoms with Crippen LogP contribution < -0.4 is 10.4 Å². The molecule has 0 heterocycles. The van der Waals surface area contributed by atoms with Gasteiger partial charge in [-0.25, -0.2) is 0 Å². The maximum atomic E-state index is 4.14. The molecule has 3 rings (SSSR count). The Hall–Kier alpha value is -1.82. The fraction of sp³-hybridized carbons (Fsp3) is 0.263. The Morgan fingerprint density at radius 3 is 2.53 bits per heavy atom. The van der Waals surface area contributed by atoms with Crippen LogP contribution in [0.4, 0.5) is 0 Å². The molecule has 1 aliphatic rings. The summed E-state index contributed by atoms with van der Waals surface area (Å²) in [7, 11) is 0. The zero-order chi connectivity index (χ0) is 13.8. The topological polar surface area (TPSA) is 0 Å². The summed E-state index contributed by atoms with van der Waals surface area (Å²) in [4.78, 5) is 0. The lowest BCUT2D eigenvalue weighted by Crippen LogP contribution is -2.16. The molecule has 0 nitrogen and oxygen atoms in total. The van der Waals surface area contributed by atoms with E-state index < -0.39 is 0 Å². The van der Waals surface area contributed by atoms with Crippen LogP contribution in [0, 0.1) is 0 Å². The van der Waals surface area contributed by atoms with Crippen molar-refractivity contribution in [2.45, 2.75) is 33.1 Å². The van der Waals surface area contributed by atoms with E-state index >= 15 is 0 Å². The van der Waals surface area contributed by atoms with Crippen LogP contribution >= 0.6 is 0 Å². The average Bonchev–Trinajstić information content (AvgIpc) is 2.43. The van der Waals surface area contributed by atoms with Gasteiger partial charge in [0.15, 0.2) is 0 Å². The van der Waals surface area contributed by atoms with Crippen molar-refractivity contribution in [3.8, 4) is 0 Å². The first kappa shape index (κ1) is 13.6. The lowest BCUT2D eigenvalue weighted by Gasteiger charge is -2.13. The van der Waals surface area contributed by atoms with Crippen LogP contribution in [-0.2, 0) is 6.42 Å². The number of hydrogen-bond donors (Lipinski definition) is 0. The van der Waals surface area contributed by atoms with Crippen molar-refractivity contribution in [3.63, 3.8) is 0 Å². The van der Waals surface area contributed by atoms with Crippen molar-refractivity contribution < 1.29 is 0 Å². The van der Waals surface area contributed by atoms with Gasteiger partial charge in [0.1, 0.15) is 0 Å². The molecule has 0 bridgehead atoms. The lowest BCUT2D eigenvalue weighted by atomic mass is 9.91. The van der Waals surface area contributed by atoms with Gasteiger partial charge in [0.2, 0.25) is 0 Å². The molecule has 0 aliphatic heterocycles. The van der Waals surface area contributed by atoms with Crippen molar-refractivity contribution in [2.24, 2.45) is 0 Å². The lowest BCUT2D eigenvalue weighted by molar-refractivity contribution is 1.03. The zero-order valence-electron chi connectivity index (χ0n) is 12.0. The molecular weight excluding hydrogens is 228 g/mol. The predicted molar refractivity (Wildman–Crippen MR) is 87.6 cm³/mol. The van der Waals surface area contributed by atoms with Crippen LogP contribution in [0.3, 0.4) is 0 Å². The second kappa shape index (κ2) is 5.88.